The van der Waals surface area contributed by atoms with Crippen molar-refractivity contribution in [2.75, 3.05) is 5.73 Å². The fraction of sp³-hybridized carbons (Fsp3) is 0.0714. The lowest BCUT2D eigenvalue weighted by Crippen LogP contribution is -2.04. The molecule has 2 N–H and O–H groups in total. The zero-order valence-corrected chi connectivity index (χ0v) is 9.68. The molecule has 2 aromatic carbocycles. The molecule has 0 saturated heterocycles. The average Bonchev–Trinajstić information content (AvgIpc) is 2.76. The maximum absolute atomic E-state index is 13.0. The molecule has 0 aliphatic rings. The predicted octanol–water partition coefficient (Wildman–Crippen LogP) is 2.81. The van der Waals surface area contributed by atoms with Crippen LogP contribution in [-0.2, 0) is 6.54 Å². The fourth-order valence-electron chi connectivity index (χ4n) is 2.02. The SMILES string of the molecule is Nc1cc(F)ccc1Cn1ncc2ccccc21. The molecule has 1 aromatic heterocycles. The zero-order chi connectivity index (χ0) is 12.5. The Balaban J connectivity index is 2.01. The van der Waals surface area contributed by atoms with Crippen molar-refractivity contribution in [3.8, 4) is 0 Å². The standard InChI is InChI=1S/C14H12FN3/c15-12-6-5-11(13(16)7-12)9-18-14-4-2-1-3-10(14)8-17-18/h1-8H,9,16H2. The Hall–Kier alpha value is -2.36. The molecule has 3 rings (SSSR count). The quantitative estimate of drug-likeness (QED) is 0.701. The van der Waals surface area contributed by atoms with Crippen LogP contribution in [0.2, 0.25) is 0 Å². The van der Waals surface area contributed by atoms with E-state index in [1.54, 1.807) is 6.07 Å². The monoisotopic (exact) mass is 241 g/mol. The summed E-state index contributed by atoms with van der Waals surface area (Å²) < 4.78 is 14.8. The number of hydrogen-bond acceptors (Lipinski definition) is 2. The molecule has 0 saturated carbocycles. The fourth-order valence-corrected chi connectivity index (χ4v) is 2.02. The Morgan fingerprint density at radius 1 is 1.17 bits per heavy atom. The highest BCUT2D eigenvalue weighted by Gasteiger charge is 2.05. The molecule has 0 atom stereocenters. The lowest BCUT2D eigenvalue weighted by molar-refractivity contribution is 0.626. The highest BCUT2D eigenvalue weighted by atomic mass is 19.1. The maximum Gasteiger partial charge on any atom is 0.125 e. The molecule has 1 heterocycles. The molecule has 0 spiro atoms. The second kappa shape index (κ2) is 4.14. The number of hydrogen-bond donors (Lipinski definition) is 1. The first-order valence-corrected chi connectivity index (χ1v) is 5.68. The number of aromatic nitrogens is 2. The largest absolute Gasteiger partial charge is 0.398 e. The van der Waals surface area contributed by atoms with Crippen LogP contribution in [0.3, 0.4) is 0 Å². The van der Waals surface area contributed by atoms with Gasteiger partial charge < -0.3 is 5.73 Å². The second-order valence-electron chi connectivity index (χ2n) is 4.20. The number of para-hydroxylation sites is 1. The summed E-state index contributed by atoms with van der Waals surface area (Å²) in [6, 6.07) is 12.4. The van der Waals surface area contributed by atoms with Gasteiger partial charge in [-0.2, -0.15) is 5.10 Å². The van der Waals surface area contributed by atoms with Crippen molar-refractivity contribution in [2.45, 2.75) is 6.54 Å². The molecule has 0 aliphatic heterocycles. The van der Waals surface area contributed by atoms with Crippen LogP contribution in [-0.4, -0.2) is 9.78 Å². The first kappa shape index (κ1) is 10.8. The number of halogens is 1. The third-order valence-corrected chi connectivity index (χ3v) is 2.98. The number of nitrogen functional groups attached to an aromatic ring is 1. The Morgan fingerprint density at radius 2 is 2.00 bits per heavy atom. The molecule has 90 valence electrons. The van der Waals surface area contributed by atoms with Crippen LogP contribution < -0.4 is 5.73 Å². The molecule has 0 fully saturated rings. The molecule has 0 aliphatic carbocycles. The minimum Gasteiger partial charge on any atom is -0.398 e. The second-order valence-corrected chi connectivity index (χ2v) is 4.20. The van der Waals surface area contributed by atoms with Crippen LogP contribution in [0.4, 0.5) is 10.1 Å². The van der Waals surface area contributed by atoms with Gasteiger partial charge in [0.1, 0.15) is 5.82 Å². The van der Waals surface area contributed by atoms with E-state index in [9.17, 15) is 4.39 Å². The van der Waals surface area contributed by atoms with Crippen molar-refractivity contribution >= 4 is 16.6 Å². The Morgan fingerprint density at radius 3 is 2.83 bits per heavy atom. The average molecular weight is 241 g/mol. The lowest BCUT2D eigenvalue weighted by atomic mass is 10.1. The summed E-state index contributed by atoms with van der Waals surface area (Å²) in [6.07, 6.45) is 1.81. The molecule has 0 radical (unpaired) electrons. The molecule has 0 bridgehead atoms. The van der Waals surface area contributed by atoms with Crippen LogP contribution >= 0.6 is 0 Å². The minimum absolute atomic E-state index is 0.318. The Kier molecular flexibility index (Phi) is 2.48. The smallest absolute Gasteiger partial charge is 0.125 e. The third kappa shape index (κ3) is 1.82. The van der Waals surface area contributed by atoms with Crippen molar-refractivity contribution in [3.63, 3.8) is 0 Å². The van der Waals surface area contributed by atoms with Gasteiger partial charge in [-0.25, -0.2) is 4.39 Å². The van der Waals surface area contributed by atoms with Crippen molar-refractivity contribution in [3.05, 3.63) is 60.0 Å². The van der Waals surface area contributed by atoms with Crippen LogP contribution in [0, 0.1) is 5.82 Å². The number of nitrogens with two attached hydrogens (primary N) is 1. The topological polar surface area (TPSA) is 43.8 Å². The third-order valence-electron chi connectivity index (χ3n) is 2.98. The number of anilines is 1. The van der Waals surface area contributed by atoms with E-state index < -0.39 is 0 Å². The molecular weight excluding hydrogens is 229 g/mol. The van der Waals surface area contributed by atoms with Crippen LogP contribution in [0.25, 0.3) is 10.9 Å². The molecule has 18 heavy (non-hydrogen) atoms. The van der Waals surface area contributed by atoms with Crippen LogP contribution in [0.1, 0.15) is 5.56 Å². The van der Waals surface area contributed by atoms with Crippen molar-refractivity contribution in [2.24, 2.45) is 0 Å². The summed E-state index contributed by atoms with van der Waals surface area (Å²) >= 11 is 0. The summed E-state index contributed by atoms with van der Waals surface area (Å²) in [7, 11) is 0. The molecule has 3 aromatic rings. The first-order chi connectivity index (χ1) is 8.74. The van der Waals surface area contributed by atoms with Gasteiger partial charge in [0, 0.05) is 11.1 Å². The van der Waals surface area contributed by atoms with E-state index in [-0.39, 0.29) is 5.82 Å². The first-order valence-electron chi connectivity index (χ1n) is 5.68. The molecular formula is C14H12FN3. The van der Waals surface area contributed by atoms with E-state index in [4.69, 9.17) is 5.73 Å². The van der Waals surface area contributed by atoms with Gasteiger partial charge in [-0.15, -0.1) is 0 Å². The maximum atomic E-state index is 13.0. The Labute approximate surface area is 104 Å². The molecule has 3 nitrogen and oxygen atoms in total. The number of fused-ring (bicyclic) bond motifs is 1. The highest BCUT2D eigenvalue weighted by Crippen LogP contribution is 2.18. The van der Waals surface area contributed by atoms with Gasteiger partial charge >= 0.3 is 0 Å². The van der Waals surface area contributed by atoms with Crippen molar-refractivity contribution < 1.29 is 4.39 Å². The van der Waals surface area contributed by atoms with Gasteiger partial charge in [-0.3, -0.25) is 4.68 Å². The van der Waals surface area contributed by atoms with E-state index in [2.05, 4.69) is 5.10 Å². The van der Waals surface area contributed by atoms with Crippen LogP contribution in [0.15, 0.2) is 48.7 Å². The van der Waals surface area contributed by atoms with Gasteiger partial charge in [0.25, 0.3) is 0 Å². The van der Waals surface area contributed by atoms with E-state index >= 15 is 0 Å². The highest BCUT2D eigenvalue weighted by molar-refractivity contribution is 5.78. The summed E-state index contributed by atoms with van der Waals surface area (Å²) in [5, 5.41) is 5.40. The number of nitrogens with zero attached hydrogens (tertiary/aromatic N) is 2. The summed E-state index contributed by atoms with van der Waals surface area (Å²) in [4.78, 5) is 0. The predicted molar refractivity (Wildman–Crippen MR) is 69.6 cm³/mol. The summed E-state index contributed by atoms with van der Waals surface area (Å²) in [5.41, 5.74) is 8.16. The minimum atomic E-state index is -0.318. The van der Waals surface area contributed by atoms with Gasteiger partial charge in [0.15, 0.2) is 0 Å². The zero-order valence-electron chi connectivity index (χ0n) is 9.68. The lowest BCUT2D eigenvalue weighted by Gasteiger charge is -2.07. The molecule has 4 heteroatoms. The molecule has 0 amide bonds. The summed E-state index contributed by atoms with van der Waals surface area (Å²) in [5.74, 6) is -0.318. The van der Waals surface area contributed by atoms with Crippen LogP contribution in [0.5, 0.6) is 0 Å². The molecule has 0 unspecified atom stereocenters. The van der Waals surface area contributed by atoms with E-state index in [0.717, 1.165) is 16.5 Å². The van der Waals surface area contributed by atoms with E-state index in [1.165, 1.54) is 12.1 Å². The van der Waals surface area contributed by atoms with E-state index in [1.807, 2.05) is 35.1 Å². The van der Waals surface area contributed by atoms with Gasteiger partial charge in [0.2, 0.25) is 0 Å². The van der Waals surface area contributed by atoms with Gasteiger partial charge in [-0.1, -0.05) is 24.3 Å². The normalized spacial score (nSPS) is 10.9. The Bertz CT molecular complexity index is 703. The van der Waals surface area contributed by atoms with E-state index in [0.29, 0.717) is 12.2 Å². The van der Waals surface area contributed by atoms with Crippen molar-refractivity contribution in [1.82, 2.24) is 9.78 Å². The van der Waals surface area contributed by atoms with Gasteiger partial charge in [-0.05, 0) is 23.8 Å². The van der Waals surface area contributed by atoms with Crippen molar-refractivity contribution in [1.29, 1.82) is 0 Å². The number of rotatable bonds is 2. The number of benzene rings is 2. The summed E-state index contributed by atoms with van der Waals surface area (Å²) in [6.45, 7) is 0.541. The van der Waals surface area contributed by atoms with Gasteiger partial charge in [0.05, 0.1) is 18.3 Å².